The molecular weight excluding hydrogens is 390 g/mol. The minimum absolute atomic E-state index is 0.314. The van der Waals surface area contributed by atoms with E-state index in [1.807, 2.05) is 60.7 Å². The third-order valence-corrected chi connectivity index (χ3v) is 5.64. The topological polar surface area (TPSA) is 59.0 Å². The van der Waals surface area contributed by atoms with Crippen molar-refractivity contribution in [2.45, 2.75) is 50.7 Å². The second kappa shape index (κ2) is 11.0. The van der Waals surface area contributed by atoms with Crippen molar-refractivity contribution < 1.29 is 19.4 Å². The fourth-order valence-electron chi connectivity index (χ4n) is 4.19. The molecule has 0 aromatic heterocycles. The van der Waals surface area contributed by atoms with E-state index in [0.29, 0.717) is 39.0 Å². The number of ether oxygens (including phenoxy) is 2. The third kappa shape index (κ3) is 6.11. The lowest BCUT2D eigenvalue weighted by Crippen LogP contribution is -2.53. The standard InChI is InChI=1S/C26H33NO4/c1-3-4-18-30-25(28)27-17-11-16-26(29,24(27)22-12-7-5-8-13-22)19-21(2)20-31-23-14-9-6-10-15-23/h5-10,12-15,24,29H,2-4,11,16-20H2,1H3. The Labute approximate surface area is 185 Å². The average Bonchev–Trinajstić information content (AvgIpc) is 2.78. The Balaban J connectivity index is 1.76. The zero-order chi connectivity index (χ0) is 22.1. The second-order valence-corrected chi connectivity index (χ2v) is 8.21. The van der Waals surface area contributed by atoms with Gasteiger partial charge in [-0.05, 0) is 42.5 Å². The fourth-order valence-corrected chi connectivity index (χ4v) is 4.19. The first kappa shape index (κ1) is 22.9. The lowest BCUT2D eigenvalue weighted by Gasteiger charge is -2.47. The van der Waals surface area contributed by atoms with Crippen molar-refractivity contribution in [3.63, 3.8) is 0 Å². The van der Waals surface area contributed by atoms with Crippen molar-refractivity contribution in [1.29, 1.82) is 0 Å². The number of carbonyl (C=O) groups excluding carboxylic acids is 1. The van der Waals surface area contributed by atoms with Crippen LogP contribution >= 0.6 is 0 Å². The number of para-hydroxylation sites is 1. The molecule has 31 heavy (non-hydrogen) atoms. The van der Waals surface area contributed by atoms with E-state index in [1.54, 1.807) is 4.90 Å². The molecule has 0 bridgehead atoms. The summed E-state index contributed by atoms with van der Waals surface area (Å²) in [5.41, 5.74) is 0.544. The fraction of sp³-hybridized carbons (Fsp3) is 0.423. The first-order valence-corrected chi connectivity index (χ1v) is 11.1. The SMILES string of the molecule is C=C(COc1ccccc1)CC1(O)CCCN(C(=O)OCCCC)C1c1ccccc1. The smallest absolute Gasteiger partial charge is 0.410 e. The van der Waals surface area contributed by atoms with E-state index in [2.05, 4.69) is 13.5 Å². The Morgan fingerprint density at radius 1 is 1.16 bits per heavy atom. The van der Waals surface area contributed by atoms with Crippen molar-refractivity contribution in [2.24, 2.45) is 0 Å². The predicted molar refractivity (Wildman–Crippen MR) is 122 cm³/mol. The molecule has 166 valence electrons. The molecule has 2 aromatic rings. The van der Waals surface area contributed by atoms with Gasteiger partial charge >= 0.3 is 6.09 Å². The summed E-state index contributed by atoms with van der Waals surface area (Å²) in [5, 5.41) is 11.8. The number of aliphatic hydroxyl groups is 1. The van der Waals surface area contributed by atoms with Crippen LogP contribution in [0.5, 0.6) is 5.75 Å². The maximum Gasteiger partial charge on any atom is 0.410 e. The summed E-state index contributed by atoms with van der Waals surface area (Å²) in [7, 11) is 0. The van der Waals surface area contributed by atoms with E-state index in [9.17, 15) is 9.90 Å². The third-order valence-electron chi connectivity index (χ3n) is 5.64. The van der Waals surface area contributed by atoms with Crippen molar-refractivity contribution in [2.75, 3.05) is 19.8 Å². The summed E-state index contributed by atoms with van der Waals surface area (Å²) in [4.78, 5) is 14.6. The molecule has 1 heterocycles. The molecule has 0 aliphatic carbocycles. The summed E-state index contributed by atoms with van der Waals surface area (Å²) < 4.78 is 11.3. The van der Waals surface area contributed by atoms with Gasteiger partial charge in [0.25, 0.3) is 0 Å². The molecule has 1 fully saturated rings. The maximum absolute atomic E-state index is 12.9. The van der Waals surface area contributed by atoms with Crippen LogP contribution in [0.2, 0.25) is 0 Å². The molecule has 5 heteroatoms. The lowest BCUT2D eigenvalue weighted by atomic mass is 9.77. The van der Waals surface area contributed by atoms with Crippen molar-refractivity contribution in [1.82, 2.24) is 4.90 Å². The van der Waals surface area contributed by atoms with Crippen LogP contribution in [0, 0.1) is 0 Å². The number of nitrogens with zero attached hydrogens (tertiary/aromatic N) is 1. The van der Waals surface area contributed by atoms with Crippen LogP contribution in [0.4, 0.5) is 4.79 Å². The van der Waals surface area contributed by atoms with Crippen molar-refractivity contribution in [3.05, 3.63) is 78.4 Å². The van der Waals surface area contributed by atoms with Crippen LogP contribution in [-0.2, 0) is 4.74 Å². The van der Waals surface area contributed by atoms with Crippen LogP contribution in [0.3, 0.4) is 0 Å². The number of rotatable bonds is 9. The molecule has 1 N–H and O–H groups in total. The number of likely N-dealkylation sites (tertiary alicyclic amines) is 1. The molecular formula is C26H33NO4. The van der Waals surface area contributed by atoms with Gasteiger partial charge in [0.15, 0.2) is 0 Å². The van der Waals surface area contributed by atoms with Gasteiger partial charge < -0.3 is 14.6 Å². The number of carbonyl (C=O) groups is 1. The number of hydrogen-bond acceptors (Lipinski definition) is 4. The first-order valence-electron chi connectivity index (χ1n) is 11.1. The van der Waals surface area contributed by atoms with Gasteiger partial charge in [0.1, 0.15) is 12.4 Å². The molecule has 1 aliphatic rings. The van der Waals surface area contributed by atoms with Gasteiger partial charge in [-0.3, -0.25) is 4.90 Å². The van der Waals surface area contributed by atoms with Gasteiger partial charge in [-0.1, -0.05) is 68.5 Å². The van der Waals surface area contributed by atoms with E-state index in [1.165, 1.54) is 0 Å². The highest BCUT2D eigenvalue weighted by atomic mass is 16.6. The Morgan fingerprint density at radius 3 is 2.52 bits per heavy atom. The predicted octanol–water partition coefficient (Wildman–Crippen LogP) is 5.52. The van der Waals surface area contributed by atoms with Crippen LogP contribution in [0.15, 0.2) is 72.8 Å². The van der Waals surface area contributed by atoms with Gasteiger partial charge in [0, 0.05) is 13.0 Å². The number of amides is 1. The average molecular weight is 424 g/mol. The Morgan fingerprint density at radius 2 is 1.84 bits per heavy atom. The number of hydrogen-bond donors (Lipinski definition) is 1. The van der Waals surface area contributed by atoms with Crippen LogP contribution in [0.25, 0.3) is 0 Å². The summed E-state index contributed by atoms with van der Waals surface area (Å²) in [5.74, 6) is 0.764. The molecule has 3 rings (SSSR count). The van der Waals surface area contributed by atoms with Gasteiger partial charge in [0.05, 0.1) is 18.2 Å². The van der Waals surface area contributed by atoms with Gasteiger partial charge in [-0.15, -0.1) is 0 Å². The molecule has 1 saturated heterocycles. The zero-order valence-electron chi connectivity index (χ0n) is 18.3. The normalized spacial score (nSPS) is 20.8. The molecule has 0 spiro atoms. The molecule has 5 nitrogen and oxygen atoms in total. The quantitative estimate of drug-likeness (QED) is 0.426. The van der Waals surface area contributed by atoms with E-state index in [4.69, 9.17) is 9.47 Å². The Kier molecular flexibility index (Phi) is 8.13. The number of piperidine rings is 1. The molecule has 0 saturated carbocycles. The van der Waals surface area contributed by atoms with E-state index in [0.717, 1.165) is 29.7 Å². The Hall–Kier alpha value is -2.79. The van der Waals surface area contributed by atoms with Crippen molar-refractivity contribution in [3.8, 4) is 5.75 Å². The van der Waals surface area contributed by atoms with E-state index in [-0.39, 0.29) is 6.09 Å². The van der Waals surface area contributed by atoms with Gasteiger partial charge in [0.2, 0.25) is 0 Å². The Bertz CT molecular complexity index is 839. The maximum atomic E-state index is 12.9. The van der Waals surface area contributed by atoms with Crippen molar-refractivity contribution >= 4 is 6.09 Å². The molecule has 1 amide bonds. The lowest BCUT2D eigenvalue weighted by molar-refractivity contribution is -0.0778. The number of benzene rings is 2. The second-order valence-electron chi connectivity index (χ2n) is 8.21. The summed E-state index contributed by atoms with van der Waals surface area (Å²) in [6.45, 7) is 7.47. The zero-order valence-corrected chi connectivity index (χ0v) is 18.3. The van der Waals surface area contributed by atoms with Gasteiger partial charge in [-0.25, -0.2) is 4.79 Å². The largest absolute Gasteiger partial charge is 0.489 e. The molecule has 2 unspecified atom stereocenters. The summed E-state index contributed by atoms with van der Waals surface area (Å²) >= 11 is 0. The molecule has 0 radical (unpaired) electrons. The molecule has 2 aromatic carbocycles. The minimum atomic E-state index is -1.14. The molecule has 1 aliphatic heterocycles. The van der Waals surface area contributed by atoms with E-state index >= 15 is 0 Å². The van der Waals surface area contributed by atoms with Crippen LogP contribution in [-0.4, -0.2) is 41.5 Å². The molecule has 2 atom stereocenters. The first-order chi connectivity index (χ1) is 15.0. The highest BCUT2D eigenvalue weighted by molar-refractivity contribution is 5.69. The number of unbranched alkanes of at least 4 members (excludes halogenated alkanes) is 1. The van der Waals surface area contributed by atoms with E-state index < -0.39 is 11.6 Å². The highest BCUT2D eigenvalue weighted by Gasteiger charge is 2.46. The van der Waals surface area contributed by atoms with Crippen LogP contribution in [0.1, 0.15) is 50.6 Å². The summed E-state index contributed by atoms with van der Waals surface area (Å²) in [6.07, 6.45) is 3.05. The summed E-state index contributed by atoms with van der Waals surface area (Å²) in [6, 6.07) is 18.8. The van der Waals surface area contributed by atoms with Gasteiger partial charge in [-0.2, -0.15) is 0 Å². The monoisotopic (exact) mass is 423 g/mol. The highest BCUT2D eigenvalue weighted by Crippen LogP contribution is 2.43. The van der Waals surface area contributed by atoms with Crippen LogP contribution < -0.4 is 4.74 Å². The minimum Gasteiger partial charge on any atom is -0.489 e.